The lowest BCUT2D eigenvalue weighted by molar-refractivity contribution is 0.104. The van der Waals surface area contributed by atoms with E-state index >= 15 is 0 Å². The Labute approximate surface area is 118 Å². The number of hydrogen-bond acceptors (Lipinski definition) is 2. The third-order valence-electron chi connectivity index (χ3n) is 2.53. The number of rotatable bonds is 2. The van der Waals surface area contributed by atoms with Crippen LogP contribution in [0.15, 0.2) is 28.7 Å². The molecule has 0 unspecified atom stereocenters. The molecule has 1 aromatic heterocycles. The Morgan fingerprint density at radius 3 is 2.59 bits per heavy atom. The fourth-order valence-electron chi connectivity index (χ4n) is 1.54. The molecule has 1 aromatic carbocycles. The molecule has 88 valence electrons. The fraction of sp³-hybridized carbons (Fsp3) is 0.154. The van der Waals surface area contributed by atoms with Gasteiger partial charge in [0.1, 0.15) is 0 Å². The molecule has 1 nitrogen and oxygen atoms in total. The van der Waals surface area contributed by atoms with Crippen LogP contribution in [0.1, 0.15) is 25.7 Å². The highest BCUT2D eigenvalue weighted by atomic mass is 79.9. The van der Waals surface area contributed by atoms with E-state index in [9.17, 15) is 4.79 Å². The van der Waals surface area contributed by atoms with Crippen molar-refractivity contribution in [2.45, 2.75) is 13.8 Å². The monoisotopic (exact) mass is 328 g/mol. The molecule has 4 heteroatoms. The van der Waals surface area contributed by atoms with E-state index in [-0.39, 0.29) is 5.78 Å². The number of halogens is 2. The van der Waals surface area contributed by atoms with Crippen LogP contribution in [0, 0.1) is 13.8 Å². The van der Waals surface area contributed by atoms with Crippen LogP contribution in [-0.2, 0) is 0 Å². The lowest BCUT2D eigenvalue weighted by Gasteiger charge is -2.03. The third kappa shape index (κ3) is 2.62. The van der Waals surface area contributed by atoms with Gasteiger partial charge in [-0.05, 0) is 53.5 Å². The van der Waals surface area contributed by atoms with Crippen LogP contribution in [0.25, 0.3) is 0 Å². The van der Waals surface area contributed by atoms with Crippen LogP contribution >= 0.6 is 38.9 Å². The minimum atomic E-state index is 0.0313. The second-order valence-corrected chi connectivity index (χ2v) is 6.35. The van der Waals surface area contributed by atoms with Crippen molar-refractivity contribution < 1.29 is 4.79 Å². The van der Waals surface area contributed by atoms with Crippen molar-refractivity contribution >= 4 is 44.7 Å². The third-order valence-corrected chi connectivity index (χ3v) is 4.90. The van der Waals surface area contributed by atoms with Crippen LogP contribution in [0.3, 0.4) is 0 Å². The van der Waals surface area contributed by atoms with Gasteiger partial charge in [-0.3, -0.25) is 4.79 Å². The second kappa shape index (κ2) is 4.92. The lowest BCUT2D eigenvalue weighted by Crippen LogP contribution is -2.01. The standard InChI is InChI=1S/C13H10BrClOS/c1-7-3-4-9(15)5-10(7)13(16)12-6-11(14)8(2)17-12/h3-6H,1-2H3. The molecule has 0 aliphatic carbocycles. The maximum absolute atomic E-state index is 12.3. The molecule has 0 fully saturated rings. The van der Waals surface area contributed by atoms with E-state index in [2.05, 4.69) is 15.9 Å². The van der Waals surface area contributed by atoms with Gasteiger partial charge >= 0.3 is 0 Å². The van der Waals surface area contributed by atoms with Gasteiger partial charge in [0, 0.05) is 19.9 Å². The van der Waals surface area contributed by atoms with E-state index in [1.165, 1.54) is 11.3 Å². The number of benzene rings is 1. The van der Waals surface area contributed by atoms with Gasteiger partial charge in [-0.25, -0.2) is 0 Å². The molecule has 0 aliphatic rings. The Morgan fingerprint density at radius 1 is 1.29 bits per heavy atom. The van der Waals surface area contributed by atoms with Crippen molar-refractivity contribution in [3.05, 3.63) is 54.6 Å². The van der Waals surface area contributed by atoms with Crippen LogP contribution in [0.2, 0.25) is 5.02 Å². The van der Waals surface area contributed by atoms with E-state index in [1.54, 1.807) is 12.1 Å². The Balaban J connectivity index is 2.47. The van der Waals surface area contributed by atoms with Crippen LogP contribution in [-0.4, -0.2) is 5.78 Å². The largest absolute Gasteiger partial charge is 0.288 e. The summed E-state index contributed by atoms with van der Waals surface area (Å²) in [6.07, 6.45) is 0. The van der Waals surface area contributed by atoms with Gasteiger partial charge in [0.05, 0.1) is 4.88 Å². The lowest BCUT2D eigenvalue weighted by atomic mass is 10.0. The minimum Gasteiger partial charge on any atom is -0.288 e. The highest BCUT2D eigenvalue weighted by Crippen LogP contribution is 2.29. The zero-order valence-electron chi connectivity index (χ0n) is 9.38. The smallest absolute Gasteiger partial charge is 0.203 e. The summed E-state index contributed by atoms with van der Waals surface area (Å²) >= 11 is 10.8. The molecule has 0 aliphatic heterocycles. The molecule has 0 radical (unpaired) electrons. The summed E-state index contributed by atoms with van der Waals surface area (Å²) in [6, 6.07) is 7.25. The summed E-state index contributed by atoms with van der Waals surface area (Å²) in [5, 5.41) is 0.589. The average Bonchev–Trinajstić information content (AvgIpc) is 2.62. The van der Waals surface area contributed by atoms with Gasteiger partial charge in [0.15, 0.2) is 0 Å². The first-order chi connectivity index (χ1) is 7.99. The van der Waals surface area contributed by atoms with E-state index in [4.69, 9.17) is 11.6 Å². The van der Waals surface area contributed by atoms with Crippen molar-refractivity contribution in [2.24, 2.45) is 0 Å². The molecule has 0 bridgehead atoms. The van der Waals surface area contributed by atoms with Crippen molar-refractivity contribution in [2.75, 3.05) is 0 Å². The van der Waals surface area contributed by atoms with E-state index in [1.807, 2.05) is 26.0 Å². The summed E-state index contributed by atoms with van der Waals surface area (Å²) in [5.41, 5.74) is 1.62. The van der Waals surface area contributed by atoms with Crippen molar-refractivity contribution in [3.8, 4) is 0 Å². The molecule has 0 saturated heterocycles. The van der Waals surface area contributed by atoms with Gasteiger partial charge in [0.2, 0.25) is 5.78 Å². The predicted molar refractivity (Wildman–Crippen MR) is 76.4 cm³/mol. The van der Waals surface area contributed by atoms with Gasteiger partial charge in [-0.15, -0.1) is 11.3 Å². The van der Waals surface area contributed by atoms with Gasteiger partial charge in [0.25, 0.3) is 0 Å². The maximum Gasteiger partial charge on any atom is 0.203 e. The molecule has 17 heavy (non-hydrogen) atoms. The molecule has 0 spiro atoms. The van der Waals surface area contributed by atoms with Crippen LogP contribution in [0.5, 0.6) is 0 Å². The number of carbonyl (C=O) groups excluding carboxylic acids is 1. The van der Waals surface area contributed by atoms with E-state index in [0.717, 1.165) is 19.8 Å². The Morgan fingerprint density at radius 2 is 2.00 bits per heavy atom. The molecule has 2 rings (SSSR count). The average molecular weight is 330 g/mol. The van der Waals surface area contributed by atoms with Crippen molar-refractivity contribution in [1.82, 2.24) is 0 Å². The minimum absolute atomic E-state index is 0.0313. The first-order valence-corrected chi connectivity index (χ1v) is 7.04. The topological polar surface area (TPSA) is 17.1 Å². The molecule has 2 aromatic rings. The number of hydrogen-bond donors (Lipinski definition) is 0. The zero-order valence-corrected chi connectivity index (χ0v) is 12.5. The van der Waals surface area contributed by atoms with Crippen molar-refractivity contribution in [1.29, 1.82) is 0 Å². The fourth-order valence-corrected chi connectivity index (χ4v) is 3.20. The summed E-state index contributed by atoms with van der Waals surface area (Å²) in [5.74, 6) is 0.0313. The van der Waals surface area contributed by atoms with Gasteiger partial charge < -0.3 is 0 Å². The number of carbonyl (C=O) groups is 1. The number of thiophene rings is 1. The summed E-state index contributed by atoms with van der Waals surface area (Å²) < 4.78 is 0.977. The second-order valence-electron chi connectivity index (χ2n) is 3.80. The Hall–Kier alpha value is -0.640. The molecule has 0 atom stereocenters. The summed E-state index contributed by atoms with van der Waals surface area (Å²) in [7, 11) is 0. The number of aryl methyl sites for hydroxylation is 2. The summed E-state index contributed by atoms with van der Waals surface area (Å²) in [6.45, 7) is 3.90. The molecular weight excluding hydrogens is 320 g/mol. The quantitative estimate of drug-likeness (QED) is 0.708. The van der Waals surface area contributed by atoms with Gasteiger partial charge in [-0.2, -0.15) is 0 Å². The normalized spacial score (nSPS) is 10.6. The highest BCUT2D eigenvalue weighted by Gasteiger charge is 2.15. The van der Waals surface area contributed by atoms with E-state index in [0.29, 0.717) is 10.6 Å². The first kappa shape index (κ1) is 12.8. The molecule has 0 amide bonds. The van der Waals surface area contributed by atoms with Crippen molar-refractivity contribution in [3.63, 3.8) is 0 Å². The maximum atomic E-state index is 12.3. The zero-order chi connectivity index (χ0) is 12.6. The SMILES string of the molecule is Cc1ccc(Cl)cc1C(=O)c1cc(Br)c(C)s1. The Bertz CT molecular complexity index is 570. The summed E-state index contributed by atoms with van der Waals surface area (Å²) in [4.78, 5) is 14.2. The van der Waals surface area contributed by atoms with Gasteiger partial charge in [-0.1, -0.05) is 17.7 Å². The van der Waals surface area contributed by atoms with E-state index < -0.39 is 0 Å². The van der Waals surface area contributed by atoms with Crippen LogP contribution in [0.4, 0.5) is 0 Å². The predicted octanol–water partition coefficient (Wildman–Crippen LogP) is 5.01. The Kier molecular flexibility index (Phi) is 3.71. The highest BCUT2D eigenvalue weighted by molar-refractivity contribution is 9.10. The number of ketones is 1. The molecule has 1 heterocycles. The molecule has 0 N–H and O–H groups in total. The molecular formula is C13H10BrClOS. The molecule has 0 saturated carbocycles. The first-order valence-electron chi connectivity index (χ1n) is 5.06. The van der Waals surface area contributed by atoms with Crippen LogP contribution < -0.4 is 0 Å².